The molecule has 9 heteroatoms. The molecular weight excluding hydrogens is 457 g/mol. The summed E-state index contributed by atoms with van der Waals surface area (Å²) in [5.41, 5.74) is 0.365. The largest absolute Gasteiger partial charge is 0.493 e. The molecule has 0 unspecified atom stereocenters. The van der Waals surface area contributed by atoms with Crippen LogP contribution in [0, 0.1) is 6.92 Å². The van der Waals surface area contributed by atoms with Crippen LogP contribution < -0.4 is 9.47 Å². The van der Waals surface area contributed by atoms with Crippen molar-refractivity contribution in [2.75, 3.05) is 25.6 Å². The average molecular weight is 485 g/mol. The van der Waals surface area contributed by atoms with E-state index in [0.29, 0.717) is 24.7 Å². The first-order chi connectivity index (χ1) is 15.7. The van der Waals surface area contributed by atoms with Crippen molar-refractivity contribution in [2.24, 2.45) is 0 Å². The highest BCUT2D eigenvalue weighted by Gasteiger charge is 2.30. The summed E-state index contributed by atoms with van der Waals surface area (Å²) in [4.78, 5) is 17.3. The molecule has 0 radical (unpaired) electrons. The Labute approximate surface area is 195 Å². The standard InChI is InChI=1S/C23H27F3O3S.CO2/c1-4-12-27-20(15-29-19-8-6-18(7-9-19)23(24,25)26)16-30-21-10-11-22(17(3)14-21)28-13-5-2;2-1-3/h4,6-11,14,20H,1,5,12-13,15-16H2,2-3H3;/t20-;/m1./s1. The molecule has 5 nitrogen and oxygen atoms in total. The second kappa shape index (κ2) is 15.2. The van der Waals surface area contributed by atoms with E-state index in [1.165, 1.54) is 12.1 Å². The summed E-state index contributed by atoms with van der Waals surface area (Å²) in [7, 11) is 0. The number of rotatable bonds is 12. The normalized spacial score (nSPS) is 11.5. The van der Waals surface area contributed by atoms with Gasteiger partial charge in [0.25, 0.3) is 0 Å². The van der Waals surface area contributed by atoms with Crippen LogP contribution in [0.15, 0.2) is 60.0 Å². The van der Waals surface area contributed by atoms with Crippen molar-refractivity contribution < 1.29 is 37.0 Å². The van der Waals surface area contributed by atoms with Crippen molar-refractivity contribution in [3.05, 3.63) is 66.2 Å². The second-order valence-electron chi connectivity index (χ2n) is 6.75. The number of hydrogen-bond donors (Lipinski definition) is 0. The predicted octanol–water partition coefficient (Wildman–Crippen LogP) is 5.96. The highest BCUT2D eigenvalue weighted by molar-refractivity contribution is 7.99. The minimum absolute atomic E-state index is 0.225. The summed E-state index contributed by atoms with van der Waals surface area (Å²) in [6, 6.07) is 10.7. The molecule has 0 amide bonds. The van der Waals surface area contributed by atoms with Gasteiger partial charge in [0.05, 0.1) is 18.8 Å². The molecule has 0 aromatic heterocycles. The van der Waals surface area contributed by atoms with E-state index < -0.39 is 11.7 Å². The predicted molar refractivity (Wildman–Crippen MR) is 120 cm³/mol. The minimum Gasteiger partial charge on any atom is -0.493 e. The maximum atomic E-state index is 12.7. The molecule has 2 aromatic rings. The molecule has 0 aliphatic heterocycles. The van der Waals surface area contributed by atoms with Crippen molar-refractivity contribution in [1.82, 2.24) is 0 Å². The van der Waals surface area contributed by atoms with Crippen LogP contribution in [-0.4, -0.2) is 37.8 Å². The number of benzene rings is 2. The fourth-order valence-corrected chi connectivity index (χ4v) is 3.55. The third-order valence-electron chi connectivity index (χ3n) is 4.11. The molecule has 0 heterocycles. The maximum Gasteiger partial charge on any atom is 0.416 e. The number of carbonyl (C=O) groups excluding carboxylic acids is 2. The number of hydrogen-bond acceptors (Lipinski definition) is 6. The van der Waals surface area contributed by atoms with E-state index in [1.807, 2.05) is 19.1 Å². The Kier molecular flexibility index (Phi) is 13.0. The van der Waals surface area contributed by atoms with Gasteiger partial charge in [-0.15, -0.1) is 18.3 Å². The van der Waals surface area contributed by atoms with E-state index in [0.717, 1.165) is 34.8 Å². The lowest BCUT2D eigenvalue weighted by atomic mass is 10.2. The van der Waals surface area contributed by atoms with E-state index in [2.05, 4.69) is 19.6 Å². The lowest BCUT2D eigenvalue weighted by Crippen LogP contribution is -2.24. The molecule has 0 fully saturated rings. The molecule has 33 heavy (non-hydrogen) atoms. The van der Waals surface area contributed by atoms with Crippen molar-refractivity contribution in [3.8, 4) is 11.5 Å². The lowest BCUT2D eigenvalue weighted by Gasteiger charge is -2.18. The van der Waals surface area contributed by atoms with Gasteiger partial charge in [-0.3, -0.25) is 0 Å². The maximum absolute atomic E-state index is 12.7. The number of alkyl halides is 3. The van der Waals surface area contributed by atoms with Crippen LogP contribution in [0.25, 0.3) is 0 Å². The zero-order valence-corrected chi connectivity index (χ0v) is 19.3. The molecule has 0 aliphatic carbocycles. The van der Waals surface area contributed by atoms with E-state index in [-0.39, 0.29) is 18.9 Å². The Balaban J connectivity index is 0.00000172. The lowest BCUT2D eigenvalue weighted by molar-refractivity contribution is -0.191. The Hall–Kier alpha value is -2.74. The third kappa shape index (κ3) is 11.1. The van der Waals surface area contributed by atoms with Gasteiger partial charge < -0.3 is 14.2 Å². The molecule has 0 N–H and O–H groups in total. The fourth-order valence-electron chi connectivity index (χ4n) is 2.55. The molecule has 0 spiro atoms. The number of ether oxygens (including phenoxy) is 3. The zero-order chi connectivity index (χ0) is 24.7. The van der Waals surface area contributed by atoms with Crippen LogP contribution >= 0.6 is 11.8 Å². The Morgan fingerprint density at radius 1 is 1.12 bits per heavy atom. The summed E-state index contributed by atoms with van der Waals surface area (Å²) in [6.45, 7) is 9.01. The molecule has 2 aromatic carbocycles. The van der Waals surface area contributed by atoms with E-state index >= 15 is 0 Å². The third-order valence-corrected chi connectivity index (χ3v) is 5.24. The smallest absolute Gasteiger partial charge is 0.416 e. The highest BCUT2D eigenvalue weighted by atomic mass is 32.2. The van der Waals surface area contributed by atoms with E-state index in [4.69, 9.17) is 23.8 Å². The fraction of sp³-hybridized carbons (Fsp3) is 0.375. The van der Waals surface area contributed by atoms with Gasteiger partial charge in [0, 0.05) is 10.6 Å². The summed E-state index contributed by atoms with van der Waals surface area (Å²) in [6.07, 6.45) is -1.75. The SMILES string of the molecule is C=CCO[C@H](COc1ccc(C(F)(F)F)cc1)CSc1ccc(OCCC)c(C)c1.O=C=O. The summed E-state index contributed by atoms with van der Waals surface area (Å²) in [5.74, 6) is 1.88. The second-order valence-corrected chi connectivity index (χ2v) is 7.84. The Morgan fingerprint density at radius 3 is 2.33 bits per heavy atom. The van der Waals surface area contributed by atoms with Gasteiger partial charge in [-0.1, -0.05) is 13.0 Å². The number of aryl methyl sites for hydroxylation is 1. The number of halogens is 3. The van der Waals surface area contributed by atoms with Crippen LogP contribution in [0.4, 0.5) is 13.2 Å². The van der Waals surface area contributed by atoms with Gasteiger partial charge in [0.15, 0.2) is 0 Å². The van der Waals surface area contributed by atoms with Crippen LogP contribution in [0.1, 0.15) is 24.5 Å². The van der Waals surface area contributed by atoms with Crippen molar-refractivity contribution in [3.63, 3.8) is 0 Å². The van der Waals surface area contributed by atoms with E-state index in [1.54, 1.807) is 17.8 Å². The average Bonchev–Trinajstić information content (AvgIpc) is 2.78. The Morgan fingerprint density at radius 2 is 1.79 bits per heavy atom. The topological polar surface area (TPSA) is 61.8 Å². The molecule has 0 aliphatic rings. The van der Waals surface area contributed by atoms with Gasteiger partial charge >= 0.3 is 12.3 Å². The van der Waals surface area contributed by atoms with Crippen LogP contribution in [0.3, 0.4) is 0 Å². The molecular formula is C24H27F3O5S. The number of thioether (sulfide) groups is 1. The molecule has 0 saturated carbocycles. The minimum atomic E-state index is -4.36. The van der Waals surface area contributed by atoms with Crippen LogP contribution in [-0.2, 0) is 20.5 Å². The first-order valence-corrected chi connectivity index (χ1v) is 11.1. The van der Waals surface area contributed by atoms with Crippen molar-refractivity contribution >= 4 is 17.9 Å². The van der Waals surface area contributed by atoms with Gasteiger partial charge in [-0.05, 0) is 61.4 Å². The molecule has 0 saturated heterocycles. The quantitative estimate of drug-likeness (QED) is 0.274. The highest BCUT2D eigenvalue weighted by Crippen LogP contribution is 2.30. The first kappa shape index (κ1) is 28.3. The van der Waals surface area contributed by atoms with Crippen molar-refractivity contribution in [1.29, 1.82) is 0 Å². The van der Waals surface area contributed by atoms with E-state index in [9.17, 15) is 13.2 Å². The summed E-state index contributed by atoms with van der Waals surface area (Å²) >= 11 is 1.62. The summed E-state index contributed by atoms with van der Waals surface area (Å²) in [5, 5.41) is 0. The van der Waals surface area contributed by atoms with Gasteiger partial charge in [-0.25, -0.2) is 0 Å². The molecule has 180 valence electrons. The molecule has 1 atom stereocenters. The van der Waals surface area contributed by atoms with Crippen LogP contribution in [0.5, 0.6) is 11.5 Å². The summed E-state index contributed by atoms with van der Waals surface area (Å²) < 4.78 is 55.1. The van der Waals surface area contributed by atoms with Gasteiger partial charge in [0.2, 0.25) is 0 Å². The van der Waals surface area contributed by atoms with Crippen LogP contribution in [0.2, 0.25) is 0 Å². The van der Waals surface area contributed by atoms with Gasteiger partial charge in [0.1, 0.15) is 24.2 Å². The molecule has 0 bridgehead atoms. The Bertz CT molecular complexity index is 879. The zero-order valence-electron chi connectivity index (χ0n) is 18.5. The van der Waals surface area contributed by atoms with Crippen molar-refractivity contribution in [2.45, 2.75) is 37.4 Å². The monoisotopic (exact) mass is 484 g/mol. The molecule has 2 rings (SSSR count). The first-order valence-electron chi connectivity index (χ1n) is 10.1. The van der Waals surface area contributed by atoms with Gasteiger partial charge in [-0.2, -0.15) is 22.8 Å².